The first-order valence-electron chi connectivity index (χ1n) is 7.28. The zero-order chi connectivity index (χ0) is 14.1. The zero-order valence-electron chi connectivity index (χ0n) is 12.0. The highest BCUT2D eigenvalue weighted by Crippen LogP contribution is 2.29. The summed E-state index contributed by atoms with van der Waals surface area (Å²) in [5.41, 5.74) is 6.57. The van der Waals surface area contributed by atoms with Crippen molar-refractivity contribution in [3.8, 4) is 0 Å². The van der Waals surface area contributed by atoms with Gasteiger partial charge in [0.25, 0.3) is 0 Å². The Balaban J connectivity index is 1.80. The summed E-state index contributed by atoms with van der Waals surface area (Å²) in [6.07, 6.45) is 3.76. The average Bonchev–Trinajstić information content (AvgIpc) is 2.89. The van der Waals surface area contributed by atoms with Crippen LogP contribution in [0.1, 0.15) is 41.6 Å². The van der Waals surface area contributed by atoms with E-state index in [1.54, 1.807) is 0 Å². The molecule has 0 saturated carbocycles. The largest absolute Gasteiger partial charge is 0.377 e. The van der Waals surface area contributed by atoms with Crippen molar-refractivity contribution in [2.24, 2.45) is 0 Å². The van der Waals surface area contributed by atoms with E-state index < -0.39 is 0 Å². The molecule has 2 aromatic rings. The highest BCUT2D eigenvalue weighted by molar-refractivity contribution is 6.33. The molecule has 0 bridgehead atoms. The Bertz CT molecular complexity index is 633. The van der Waals surface area contributed by atoms with Crippen LogP contribution < -0.4 is 5.32 Å². The molecule has 0 saturated heterocycles. The summed E-state index contributed by atoms with van der Waals surface area (Å²) in [4.78, 5) is 0. The maximum Gasteiger partial charge on any atom is 0.0640 e. The van der Waals surface area contributed by atoms with Crippen LogP contribution in [0.4, 0.5) is 5.69 Å². The molecule has 1 nitrogen and oxygen atoms in total. The summed E-state index contributed by atoms with van der Waals surface area (Å²) in [5.74, 6) is 0. The van der Waals surface area contributed by atoms with Gasteiger partial charge in [-0.3, -0.25) is 0 Å². The van der Waals surface area contributed by atoms with Gasteiger partial charge in [0.05, 0.1) is 10.7 Å². The van der Waals surface area contributed by atoms with Crippen molar-refractivity contribution in [3.05, 3.63) is 63.7 Å². The molecule has 0 spiro atoms. The predicted octanol–water partition coefficient (Wildman–Crippen LogP) is 5.31. The highest BCUT2D eigenvalue weighted by atomic mass is 35.5. The van der Waals surface area contributed by atoms with Crippen LogP contribution >= 0.6 is 11.6 Å². The maximum atomic E-state index is 6.29. The molecular weight excluding hydrogens is 266 g/mol. The van der Waals surface area contributed by atoms with Gasteiger partial charge in [-0.2, -0.15) is 0 Å². The Morgan fingerprint density at radius 2 is 1.85 bits per heavy atom. The number of fused-ring (bicyclic) bond motifs is 1. The van der Waals surface area contributed by atoms with E-state index in [4.69, 9.17) is 11.6 Å². The SMILES string of the molecule is Cc1ccc(NC(C)c2ccc3c(c2)CCC3)c(Cl)c1. The Hall–Kier alpha value is -1.47. The van der Waals surface area contributed by atoms with Crippen LogP contribution in [-0.2, 0) is 12.8 Å². The van der Waals surface area contributed by atoms with E-state index in [9.17, 15) is 0 Å². The average molecular weight is 286 g/mol. The van der Waals surface area contributed by atoms with Crippen LogP contribution in [0.2, 0.25) is 5.02 Å². The maximum absolute atomic E-state index is 6.29. The first kappa shape index (κ1) is 13.5. The molecule has 0 aromatic heterocycles. The monoisotopic (exact) mass is 285 g/mol. The van der Waals surface area contributed by atoms with E-state index >= 15 is 0 Å². The van der Waals surface area contributed by atoms with Gasteiger partial charge in [-0.25, -0.2) is 0 Å². The fourth-order valence-corrected chi connectivity index (χ4v) is 3.20. The number of hydrogen-bond donors (Lipinski definition) is 1. The minimum absolute atomic E-state index is 0.265. The second kappa shape index (κ2) is 5.49. The normalized spacial score (nSPS) is 14.9. The third-order valence-electron chi connectivity index (χ3n) is 4.12. The molecule has 20 heavy (non-hydrogen) atoms. The quantitative estimate of drug-likeness (QED) is 0.806. The van der Waals surface area contributed by atoms with Crippen LogP contribution in [0, 0.1) is 6.92 Å². The van der Waals surface area contributed by atoms with Crippen molar-refractivity contribution in [1.29, 1.82) is 0 Å². The lowest BCUT2D eigenvalue weighted by atomic mass is 10.0. The van der Waals surface area contributed by atoms with E-state index in [-0.39, 0.29) is 6.04 Å². The van der Waals surface area contributed by atoms with Crippen LogP contribution in [0.15, 0.2) is 36.4 Å². The molecule has 1 aliphatic rings. The number of aryl methyl sites for hydroxylation is 3. The van der Waals surface area contributed by atoms with E-state index in [1.807, 2.05) is 6.07 Å². The molecule has 104 valence electrons. The molecule has 0 fully saturated rings. The molecule has 1 atom stereocenters. The van der Waals surface area contributed by atoms with Gasteiger partial charge in [0.15, 0.2) is 0 Å². The number of benzene rings is 2. The predicted molar refractivity (Wildman–Crippen MR) is 86.7 cm³/mol. The van der Waals surface area contributed by atoms with E-state index in [2.05, 4.69) is 49.5 Å². The Morgan fingerprint density at radius 1 is 1.05 bits per heavy atom. The fourth-order valence-electron chi connectivity index (χ4n) is 2.91. The summed E-state index contributed by atoms with van der Waals surface area (Å²) in [7, 11) is 0. The first-order chi connectivity index (χ1) is 9.63. The standard InChI is InChI=1S/C18H20ClN/c1-12-6-9-18(17(19)10-12)20-13(2)15-8-7-14-4-3-5-16(14)11-15/h6-11,13,20H,3-5H2,1-2H3. The molecule has 0 radical (unpaired) electrons. The van der Waals surface area contributed by atoms with Gasteiger partial charge < -0.3 is 5.32 Å². The summed E-state index contributed by atoms with van der Waals surface area (Å²) in [6, 6.07) is 13.3. The van der Waals surface area contributed by atoms with E-state index in [0.717, 1.165) is 10.7 Å². The van der Waals surface area contributed by atoms with Crippen LogP contribution in [0.25, 0.3) is 0 Å². The van der Waals surface area contributed by atoms with Crippen molar-refractivity contribution in [1.82, 2.24) is 0 Å². The van der Waals surface area contributed by atoms with Gasteiger partial charge in [-0.05, 0) is 67.5 Å². The third kappa shape index (κ3) is 2.69. The van der Waals surface area contributed by atoms with E-state index in [1.165, 1.54) is 41.5 Å². The lowest BCUT2D eigenvalue weighted by Crippen LogP contribution is -2.07. The van der Waals surface area contributed by atoms with E-state index in [0.29, 0.717) is 0 Å². The van der Waals surface area contributed by atoms with Crippen LogP contribution in [-0.4, -0.2) is 0 Å². The Morgan fingerprint density at radius 3 is 2.65 bits per heavy atom. The van der Waals surface area contributed by atoms with Crippen LogP contribution in [0.5, 0.6) is 0 Å². The summed E-state index contributed by atoms with van der Waals surface area (Å²) in [5, 5.41) is 4.30. The second-order valence-corrected chi connectivity index (χ2v) is 6.14. The zero-order valence-corrected chi connectivity index (χ0v) is 12.8. The van der Waals surface area contributed by atoms with Gasteiger partial charge >= 0.3 is 0 Å². The van der Waals surface area contributed by atoms with Crippen molar-refractivity contribution < 1.29 is 0 Å². The minimum atomic E-state index is 0.265. The highest BCUT2D eigenvalue weighted by Gasteiger charge is 2.14. The second-order valence-electron chi connectivity index (χ2n) is 5.73. The van der Waals surface area contributed by atoms with Crippen LogP contribution in [0.3, 0.4) is 0 Å². The van der Waals surface area contributed by atoms with Crippen molar-refractivity contribution in [2.75, 3.05) is 5.32 Å². The third-order valence-corrected chi connectivity index (χ3v) is 4.43. The van der Waals surface area contributed by atoms with Crippen molar-refractivity contribution in [2.45, 2.75) is 39.2 Å². The first-order valence-corrected chi connectivity index (χ1v) is 7.65. The number of nitrogens with one attached hydrogen (secondary N) is 1. The molecule has 0 heterocycles. The Labute approximate surface area is 126 Å². The molecule has 3 rings (SSSR count). The topological polar surface area (TPSA) is 12.0 Å². The van der Waals surface area contributed by atoms with Gasteiger partial charge in [0, 0.05) is 6.04 Å². The van der Waals surface area contributed by atoms with Crippen molar-refractivity contribution >= 4 is 17.3 Å². The lowest BCUT2D eigenvalue weighted by molar-refractivity contribution is 0.879. The summed E-state index contributed by atoms with van der Waals surface area (Å²) in [6.45, 7) is 4.24. The van der Waals surface area contributed by atoms with Gasteiger partial charge in [0.1, 0.15) is 0 Å². The molecular formula is C18H20ClN. The van der Waals surface area contributed by atoms with Gasteiger partial charge in [-0.1, -0.05) is 35.9 Å². The van der Waals surface area contributed by atoms with Gasteiger partial charge in [0.2, 0.25) is 0 Å². The summed E-state index contributed by atoms with van der Waals surface area (Å²) >= 11 is 6.29. The molecule has 0 amide bonds. The summed E-state index contributed by atoms with van der Waals surface area (Å²) < 4.78 is 0. The smallest absolute Gasteiger partial charge is 0.0640 e. The number of anilines is 1. The number of halogens is 1. The Kier molecular flexibility index (Phi) is 3.71. The molecule has 1 unspecified atom stereocenters. The molecule has 1 N–H and O–H groups in total. The minimum Gasteiger partial charge on any atom is -0.377 e. The van der Waals surface area contributed by atoms with Crippen molar-refractivity contribution in [3.63, 3.8) is 0 Å². The van der Waals surface area contributed by atoms with Gasteiger partial charge in [-0.15, -0.1) is 0 Å². The molecule has 2 heteroatoms. The number of rotatable bonds is 3. The lowest BCUT2D eigenvalue weighted by Gasteiger charge is -2.18. The molecule has 1 aliphatic carbocycles. The number of hydrogen-bond acceptors (Lipinski definition) is 1. The molecule has 2 aromatic carbocycles. The molecule has 0 aliphatic heterocycles. The fraction of sp³-hybridized carbons (Fsp3) is 0.333.